The standard InChI is InChI=1S/CO2.2Na.S/c2-1-3;;;/q;2*+1;-2. The third-order valence-corrected chi connectivity index (χ3v) is 0. The molecule has 0 aromatic heterocycles. The van der Waals surface area contributed by atoms with Gasteiger partial charge in [0, 0.05) is 0 Å². The summed E-state index contributed by atoms with van der Waals surface area (Å²) in [7, 11) is 0. The Morgan fingerprint density at radius 3 is 1.00 bits per heavy atom. The van der Waals surface area contributed by atoms with E-state index in [-0.39, 0.29) is 78.8 Å². The van der Waals surface area contributed by atoms with E-state index >= 15 is 0 Å². The van der Waals surface area contributed by atoms with Crippen LogP contribution in [0.5, 0.6) is 0 Å². The first kappa shape index (κ1) is 25.2. The first-order chi connectivity index (χ1) is 1.41. The summed E-state index contributed by atoms with van der Waals surface area (Å²) in [6, 6.07) is 0. The van der Waals surface area contributed by atoms with Crippen molar-refractivity contribution in [3.8, 4) is 0 Å². The van der Waals surface area contributed by atoms with E-state index in [2.05, 4.69) is 0 Å². The van der Waals surface area contributed by atoms with Crippen LogP contribution in [0.25, 0.3) is 0 Å². The molecule has 0 N–H and O–H groups in total. The minimum atomic E-state index is 0. The monoisotopic (exact) mass is 122 g/mol. The zero-order valence-corrected chi connectivity index (χ0v) is 8.54. The summed E-state index contributed by atoms with van der Waals surface area (Å²) in [5.41, 5.74) is 0. The van der Waals surface area contributed by atoms with Gasteiger partial charge in [0.1, 0.15) is 0 Å². The first-order valence-electron chi connectivity index (χ1n) is 0.408. The van der Waals surface area contributed by atoms with Gasteiger partial charge in [0.05, 0.1) is 0 Å². The minimum Gasteiger partial charge on any atom is -2.00 e. The zero-order valence-electron chi connectivity index (χ0n) is 3.72. The third-order valence-electron chi connectivity index (χ3n) is 0. The minimum absolute atomic E-state index is 0. The van der Waals surface area contributed by atoms with Crippen LogP contribution < -0.4 is 59.1 Å². The van der Waals surface area contributed by atoms with E-state index in [0.29, 0.717) is 0 Å². The van der Waals surface area contributed by atoms with Crippen LogP contribution in [0, 0.1) is 0 Å². The molecule has 0 aromatic carbocycles. The summed E-state index contributed by atoms with van der Waals surface area (Å²) >= 11 is 0. The molecular weight excluding hydrogens is 122 g/mol. The van der Waals surface area contributed by atoms with Crippen molar-refractivity contribution in [2.75, 3.05) is 0 Å². The van der Waals surface area contributed by atoms with E-state index in [0.717, 1.165) is 0 Å². The molecule has 0 spiro atoms. The van der Waals surface area contributed by atoms with Gasteiger partial charge in [-0.15, -0.1) is 0 Å². The predicted octanol–water partition coefficient (Wildman–Crippen LogP) is -6.58. The van der Waals surface area contributed by atoms with E-state index in [1.54, 1.807) is 0 Å². The fourth-order valence-electron chi connectivity index (χ4n) is 0. The quantitative estimate of drug-likeness (QED) is 0.299. The van der Waals surface area contributed by atoms with Gasteiger partial charge < -0.3 is 13.5 Å². The van der Waals surface area contributed by atoms with Crippen molar-refractivity contribution in [2.45, 2.75) is 0 Å². The molecule has 0 aromatic rings. The van der Waals surface area contributed by atoms with E-state index in [1.165, 1.54) is 0 Å². The molecule has 6 heavy (non-hydrogen) atoms. The summed E-state index contributed by atoms with van der Waals surface area (Å²) in [5, 5.41) is 0. The van der Waals surface area contributed by atoms with E-state index in [1.807, 2.05) is 0 Å². The molecule has 0 amide bonds. The van der Waals surface area contributed by atoms with Crippen LogP contribution in [0.3, 0.4) is 0 Å². The van der Waals surface area contributed by atoms with Crippen molar-refractivity contribution >= 4 is 19.6 Å². The van der Waals surface area contributed by atoms with Gasteiger partial charge in [0.2, 0.25) is 0 Å². The molecule has 0 heterocycles. The maximum Gasteiger partial charge on any atom is 1.00 e. The second-order valence-electron chi connectivity index (χ2n) is 0.0833. The van der Waals surface area contributed by atoms with Crippen LogP contribution in [0.1, 0.15) is 0 Å². The number of hydrogen-bond donors (Lipinski definition) is 0. The smallest absolute Gasteiger partial charge is 1.00 e. The second kappa shape index (κ2) is 29.6. The Labute approximate surface area is 87.1 Å². The van der Waals surface area contributed by atoms with Crippen LogP contribution >= 0.6 is 0 Å². The van der Waals surface area contributed by atoms with Crippen LogP contribution in [0.2, 0.25) is 0 Å². The molecule has 0 radical (unpaired) electrons. The SMILES string of the molecule is O=C=O.[Na+].[Na+].[S-2]. The number of rotatable bonds is 0. The van der Waals surface area contributed by atoms with Crippen molar-refractivity contribution in [1.82, 2.24) is 0 Å². The third kappa shape index (κ3) is 42.8. The Morgan fingerprint density at radius 2 is 1.00 bits per heavy atom. The van der Waals surface area contributed by atoms with Crippen LogP contribution in [-0.2, 0) is 23.1 Å². The van der Waals surface area contributed by atoms with Gasteiger partial charge in [-0.3, -0.25) is 0 Å². The average Bonchev–Trinajstić information content (AvgIpc) is 0.918. The summed E-state index contributed by atoms with van der Waals surface area (Å²) in [4.78, 5) is 16.2. The molecule has 0 saturated heterocycles. The molecule has 0 atom stereocenters. The topological polar surface area (TPSA) is 34.1 Å². The zero-order chi connectivity index (χ0) is 2.71. The Balaban J connectivity index is -0.00000000667. The van der Waals surface area contributed by atoms with E-state index < -0.39 is 0 Å². The molecule has 0 unspecified atom stereocenters. The summed E-state index contributed by atoms with van der Waals surface area (Å²) < 4.78 is 0. The Kier molecular flexibility index (Phi) is 124. The van der Waals surface area contributed by atoms with Gasteiger partial charge in [-0.2, -0.15) is 9.59 Å². The molecule has 0 fully saturated rings. The maximum atomic E-state index is 8.12. The first-order valence-corrected chi connectivity index (χ1v) is 0.408. The van der Waals surface area contributed by atoms with Gasteiger partial charge in [-0.1, -0.05) is 0 Å². The van der Waals surface area contributed by atoms with Gasteiger partial charge in [0.15, 0.2) is 0 Å². The molecule has 0 rings (SSSR count). The molecular formula is CNa2O2S. The van der Waals surface area contributed by atoms with Crippen molar-refractivity contribution in [2.24, 2.45) is 0 Å². The fraction of sp³-hybridized carbons (Fsp3) is 0. The van der Waals surface area contributed by atoms with Crippen molar-refractivity contribution < 1.29 is 68.7 Å². The van der Waals surface area contributed by atoms with E-state index in [4.69, 9.17) is 9.59 Å². The molecule has 5 heteroatoms. The normalized spacial score (nSPS) is 1.33. The Morgan fingerprint density at radius 1 is 1.00 bits per heavy atom. The molecule has 24 valence electrons. The van der Waals surface area contributed by atoms with Gasteiger partial charge in [0.25, 0.3) is 0 Å². The van der Waals surface area contributed by atoms with Crippen LogP contribution in [0.4, 0.5) is 0 Å². The summed E-state index contributed by atoms with van der Waals surface area (Å²) in [6.07, 6.45) is 0.250. The van der Waals surface area contributed by atoms with Crippen molar-refractivity contribution in [3.63, 3.8) is 0 Å². The summed E-state index contributed by atoms with van der Waals surface area (Å²) in [6.45, 7) is 0. The van der Waals surface area contributed by atoms with Crippen LogP contribution in [0.15, 0.2) is 0 Å². The molecule has 2 nitrogen and oxygen atoms in total. The predicted molar refractivity (Wildman–Crippen MR) is 12.4 cm³/mol. The Hall–Kier alpha value is 1.73. The van der Waals surface area contributed by atoms with Crippen molar-refractivity contribution in [3.05, 3.63) is 0 Å². The average molecular weight is 122 g/mol. The molecule has 0 aliphatic carbocycles. The number of carbonyl (C=O) groups excluding carboxylic acids is 2. The van der Waals surface area contributed by atoms with E-state index in [9.17, 15) is 0 Å². The largest absolute Gasteiger partial charge is 2.00 e. The van der Waals surface area contributed by atoms with Gasteiger partial charge in [-0.25, -0.2) is 0 Å². The molecule has 0 bridgehead atoms. The van der Waals surface area contributed by atoms with Gasteiger partial charge >= 0.3 is 65.3 Å². The van der Waals surface area contributed by atoms with Crippen LogP contribution in [-0.4, -0.2) is 6.15 Å². The van der Waals surface area contributed by atoms with Gasteiger partial charge in [-0.05, 0) is 0 Å². The Bertz CT molecular complexity index is 32.5. The molecule has 0 saturated carbocycles. The van der Waals surface area contributed by atoms with Crippen molar-refractivity contribution in [1.29, 1.82) is 0 Å². The fourth-order valence-corrected chi connectivity index (χ4v) is 0. The maximum absolute atomic E-state index is 8.12. The molecule has 0 aliphatic rings. The second-order valence-corrected chi connectivity index (χ2v) is 0.0833. The summed E-state index contributed by atoms with van der Waals surface area (Å²) in [5.74, 6) is 0. The molecule has 0 aliphatic heterocycles. The number of hydrogen-bond acceptors (Lipinski definition) is 2.